The van der Waals surface area contributed by atoms with Crippen LogP contribution in [-0.4, -0.2) is 46.0 Å². The molecule has 3 rings (SSSR count). The topological polar surface area (TPSA) is 96.0 Å². The highest BCUT2D eigenvalue weighted by atomic mass is 19.3. The average molecular weight is 376 g/mol. The zero-order chi connectivity index (χ0) is 19.4. The van der Waals surface area contributed by atoms with E-state index in [2.05, 4.69) is 30.0 Å². The molecule has 0 unspecified atom stereocenters. The fourth-order valence-corrected chi connectivity index (χ4v) is 2.64. The number of H-pyrrole nitrogens is 1. The van der Waals surface area contributed by atoms with Crippen molar-refractivity contribution >= 4 is 22.9 Å². The van der Waals surface area contributed by atoms with Gasteiger partial charge >= 0.3 is 6.61 Å². The van der Waals surface area contributed by atoms with E-state index in [0.29, 0.717) is 17.0 Å². The summed E-state index contributed by atoms with van der Waals surface area (Å²) in [6.07, 6.45) is 2.90. The Labute approximate surface area is 153 Å². The van der Waals surface area contributed by atoms with Crippen molar-refractivity contribution in [2.24, 2.45) is 0 Å². The number of anilines is 1. The van der Waals surface area contributed by atoms with Crippen molar-refractivity contribution in [1.29, 1.82) is 0 Å². The van der Waals surface area contributed by atoms with E-state index in [0.717, 1.165) is 5.56 Å². The fourth-order valence-electron chi connectivity index (χ4n) is 2.64. The summed E-state index contributed by atoms with van der Waals surface area (Å²) in [7, 11) is 1.74. The number of carbonyl (C=O) groups excluding carboxylic acids is 1. The number of alkyl halides is 2. The van der Waals surface area contributed by atoms with Gasteiger partial charge in [0, 0.05) is 7.05 Å². The van der Waals surface area contributed by atoms with Gasteiger partial charge in [-0.3, -0.25) is 4.79 Å². The maximum absolute atomic E-state index is 12.4. The minimum Gasteiger partial charge on any atom is -0.435 e. The molecule has 2 N–H and O–H groups in total. The van der Waals surface area contributed by atoms with E-state index < -0.39 is 6.61 Å². The van der Waals surface area contributed by atoms with Crippen molar-refractivity contribution < 1.29 is 18.3 Å². The number of nitrogens with zero attached hydrogens (tertiary/aromatic N) is 4. The number of ether oxygens (including phenoxy) is 1. The molecule has 2 aromatic heterocycles. The van der Waals surface area contributed by atoms with E-state index >= 15 is 0 Å². The molecule has 0 saturated heterocycles. The molecule has 27 heavy (non-hydrogen) atoms. The average Bonchev–Trinajstić information content (AvgIpc) is 3.10. The normalized spacial score (nSPS) is 12.2. The van der Waals surface area contributed by atoms with Gasteiger partial charge in [0.05, 0.1) is 18.9 Å². The van der Waals surface area contributed by atoms with Crippen LogP contribution in [0.3, 0.4) is 0 Å². The Morgan fingerprint density at radius 3 is 2.70 bits per heavy atom. The number of halogens is 2. The number of fused-ring (bicyclic) bond motifs is 1. The fraction of sp³-hybridized carbons (Fsp3) is 0.294. The molecule has 8 nitrogen and oxygen atoms in total. The number of aromatic nitrogens is 4. The van der Waals surface area contributed by atoms with E-state index in [4.69, 9.17) is 0 Å². The molecule has 142 valence electrons. The van der Waals surface area contributed by atoms with Gasteiger partial charge in [0.2, 0.25) is 5.91 Å². The third kappa shape index (κ3) is 4.46. The van der Waals surface area contributed by atoms with Crippen LogP contribution in [0, 0.1) is 0 Å². The monoisotopic (exact) mass is 376 g/mol. The second-order valence-electron chi connectivity index (χ2n) is 5.89. The summed E-state index contributed by atoms with van der Waals surface area (Å²) >= 11 is 0. The second kappa shape index (κ2) is 7.94. The number of imidazole rings is 1. The molecule has 1 amide bonds. The van der Waals surface area contributed by atoms with Crippen LogP contribution in [0.2, 0.25) is 0 Å². The Hall–Kier alpha value is -3.30. The van der Waals surface area contributed by atoms with Gasteiger partial charge in [-0.2, -0.15) is 8.78 Å². The molecule has 0 aliphatic carbocycles. The highest BCUT2D eigenvalue weighted by Crippen LogP contribution is 2.20. The van der Waals surface area contributed by atoms with Crippen LogP contribution in [0.4, 0.5) is 14.6 Å². The number of benzene rings is 1. The summed E-state index contributed by atoms with van der Waals surface area (Å²) in [5.41, 5.74) is 1.94. The van der Waals surface area contributed by atoms with Gasteiger partial charge < -0.3 is 19.9 Å². The Morgan fingerprint density at radius 2 is 2.00 bits per heavy atom. The van der Waals surface area contributed by atoms with Crippen molar-refractivity contribution in [3.8, 4) is 5.75 Å². The number of carbonyl (C=O) groups is 1. The number of hydrogen-bond donors (Lipinski definition) is 2. The first kappa shape index (κ1) is 18.5. The number of hydrogen-bond acceptors (Lipinski definition) is 6. The predicted octanol–water partition coefficient (Wildman–Crippen LogP) is 2.27. The van der Waals surface area contributed by atoms with Crippen LogP contribution >= 0.6 is 0 Å². The maximum Gasteiger partial charge on any atom is 0.387 e. The molecular formula is C17H18F2N6O2. The molecule has 0 saturated carbocycles. The zero-order valence-electron chi connectivity index (χ0n) is 14.7. The summed E-state index contributed by atoms with van der Waals surface area (Å²) in [6.45, 7) is -0.993. The SMILES string of the molecule is C[C@@H](NC(=O)CN(C)c1ncnc2nc[nH]c12)c1ccc(OC(F)F)cc1. The number of nitrogens with one attached hydrogen (secondary N) is 2. The Balaban J connectivity index is 1.60. The number of amides is 1. The van der Waals surface area contributed by atoms with E-state index in [1.807, 2.05) is 0 Å². The molecule has 1 aromatic carbocycles. The molecule has 0 spiro atoms. The van der Waals surface area contributed by atoms with Crippen LogP contribution in [-0.2, 0) is 4.79 Å². The minimum atomic E-state index is -2.87. The third-order valence-electron chi connectivity index (χ3n) is 3.93. The maximum atomic E-state index is 12.4. The molecule has 1 atom stereocenters. The lowest BCUT2D eigenvalue weighted by Gasteiger charge is -2.20. The van der Waals surface area contributed by atoms with Crippen molar-refractivity contribution in [3.63, 3.8) is 0 Å². The van der Waals surface area contributed by atoms with Crippen LogP contribution < -0.4 is 15.0 Å². The number of rotatable bonds is 7. The minimum absolute atomic E-state index is 0.0688. The number of aromatic amines is 1. The van der Waals surface area contributed by atoms with Crippen molar-refractivity contribution in [3.05, 3.63) is 42.5 Å². The van der Waals surface area contributed by atoms with E-state index in [-0.39, 0.29) is 24.2 Å². The lowest BCUT2D eigenvalue weighted by molar-refractivity contribution is -0.120. The molecule has 0 aliphatic heterocycles. The zero-order valence-corrected chi connectivity index (χ0v) is 14.7. The highest BCUT2D eigenvalue weighted by molar-refractivity contribution is 5.87. The Kier molecular flexibility index (Phi) is 5.43. The Bertz CT molecular complexity index is 915. The van der Waals surface area contributed by atoms with Crippen LogP contribution in [0.15, 0.2) is 36.9 Å². The molecular weight excluding hydrogens is 358 g/mol. The predicted molar refractivity (Wildman–Crippen MR) is 94.6 cm³/mol. The van der Waals surface area contributed by atoms with Gasteiger partial charge in [0.25, 0.3) is 0 Å². The van der Waals surface area contributed by atoms with Gasteiger partial charge in [-0.15, -0.1) is 0 Å². The van der Waals surface area contributed by atoms with Gasteiger partial charge in [-0.25, -0.2) is 15.0 Å². The summed E-state index contributed by atoms with van der Waals surface area (Å²) in [4.78, 5) is 29.3. The Morgan fingerprint density at radius 1 is 1.26 bits per heavy atom. The van der Waals surface area contributed by atoms with Crippen molar-refractivity contribution in [2.75, 3.05) is 18.5 Å². The molecule has 0 radical (unpaired) electrons. The van der Waals surface area contributed by atoms with E-state index in [1.54, 1.807) is 31.0 Å². The lowest BCUT2D eigenvalue weighted by atomic mass is 10.1. The van der Waals surface area contributed by atoms with E-state index in [1.165, 1.54) is 24.8 Å². The number of likely N-dealkylation sites (N-methyl/N-ethyl adjacent to an activating group) is 1. The molecule has 0 bridgehead atoms. The van der Waals surface area contributed by atoms with Gasteiger partial charge in [-0.1, -0.05) is 12.1 Å². The molecule has 10 heteroatoms. The first-order valence-corrected chi connectivity index (χ1v) is 8.13. The lowest BCUT2D eigenvalue weighted by Crippen LogP contribution is -2.36. The summed E-state index contributed by atoms with van der Waals surface area (Å²) in [6, 6.07) is 5.83. The summed E-state index contributed by atoms with van der Waals surface area (Å²) in [5.74, 6) is 0.414. The first-order chi connectivity index (χ1) is 12.9. The molecule has 3 aromatic rings. The smallest absolute Gasteiger partial charge is 0.387 e. The molecule has 0 fully saturated rings. The van der Waals surface area contributed by atoms with Gasteiger partial charge in [0.15, 0.2) is 11.5 Å². The van der Waals surface area contributed by atoms with E-state index in [9.17, 15) is 13.6 Å². The van der Waals surface area contributed by atoms with Gasteiger partial charge in [-0.05, 0) is 24.6 Å². The quantitative estimate of drug-likeness (QED) is 0.657. The third-order valence-corrected chi connectivity index (χ3v) is 3.93. The van der Waals surface area contributed by atoms with Crippen LogP contribution in [0.1, 0.15) is 18.5 Å². The van der Waals surface area contributed by atoms with Gasteiger partial charge in [0.1, 0.15) is 17.6 Å². The standard InChI is InChI=1S/C17H18F2N6O2/c1-10(11-3-5-12(6-4-11)27-17(18)19)24-13(26)7-25(2)16-14-15(21-8-20-14)22-9-23-16/h3-6,8-10,17H,7H2,1-2H3,(H,24,26)(H,20,21,22,23)/t10-/m1/s1. The largest absolute Gasteiger partial charge is 0.435 e. The molecule has 2 heterocycles. The van der Waals surface area contributed by atoms with Crippen LogP contribution in [0.5, 0.6) is 5.75 Å². The second-order valence-corrected chi connectivity index (χ2v) is 5.89. The summed E-state index contributed by atoms with van der Waals surface area (Å²) in [5, 5.41) is 2.86. The highest BCUT2D eigenvalue weighted by Gasteiger charge is 2.16. The first-order valence-electron chi connectivity index (χ1n) is 8.13. The van der Waals surface area contributed by atoms with Crippen molar-refractivity contribution in [1.82, 2.24) is 25.3 Å². The van der Waals surface area contributed by atoms with Crippen molar-refractivity contribution in [2.45, 2.75) is 19.6 Å². The molecule has 0 aliphatic rings. The summed E-state index contributed by atoms with van der Waals surface area (Å²) < 4.78 is 28.7. The van der Waals surface area contributed by atoms with Crippen LogP contribution in [0.25, 0.3) is 11.2 Å².